The van der Waals surface area contributed by atoms with E-state index in [1.54, 1.807) is 0 Å². The highest BCUT2D eigenvalue weighted by Gasteiger charge is 2.04. The molecule has 0 bridgehead atoms. The van der Waals surface area contributed by atoms with Crippen LogP contribution in [0.1, 0.15) is 18.2 Å². The zero-order valence-electron chi connectivity index (χ0n) is 7.91. The summed E-state index contributed by atoms with van der Waals surface area (Å²) < 4.78 is 2.02. The predicted molar refractivity (Wildman–Crippen MR) is 53.7 cm³/mol. The molecule has 0 fully saturated rings. The Morgan fingerprint density at radius 1 is 1.54 bits per heavy atom. The Morgan fingerprint density at radius 3 is 3.00 bits per heavy atom. The first-order valence-electron chi connectivity index (χ1n) is 4.45. The van der Waals surface area contributed by atoms with Gasteiger partial charge in [0.05, 0.1) is 5.69 Å². The molecule has 0 radical (unpaired) electrons. The summed E-state index contributed by atoms with van der Waals surface area (Å²) in [6.07, 6.45) is 4.95. The highest BCUT2D eigenvalue weighted by atomic mass is 15.0. The Balaban J connectivity index is 2.76. The van der Waals surface area contributed by atoms with Crippen LogP contribution in [0, 0.1) is 6.92 Å². The van der Waals surface area contributed by atoms with E-state index in [1.165, 1.54) is 0 Å². The minimum atomic E-state index is 0.806. The number of rotatable bonds is 1. The van der Waals surface area contributed by atoms with Crippen molar-refractivity contribution in [2.45, 2.75) is 20.3 Å². The van der Waals surface area contributed by atoms with Crippen molar-refractivity contribution in [1.82, 2.24) is 9.38 Å². The Bertz CT molecular complexity index is 443. The van der Waals surface area contributed by atoms with Crippen LogP contribution < -0.4 is 5.73 Å². The first-order chi connectivity index (χ1) is 6.22. The Kier molecular flexibility index (Phi) is 1.72. The molecule has 0 atom stereocenters. The third kappa shape index (κ3) is 1.16. The zero-order chi connectivity index (χ0) is 9.42. The van der Waals surface area contributed by atoms with Gasteiger partial charge in [-0.25, -0.2) is 4.98 Å². The average Bonchev–Trinajstić information content (AvgIpc) is 2.55. The Labute approximate surface area is 77.2 Å². The summed E-state index contributed by atoms with van der Waals surface area (Å²) in [5.74, 6) is 0. The van der Waals surface area contributed by atoms with Crippen molar-refractivity contribution in [3.8, 4) is 0 Å². The number of hydrogen-bond donors (Lipinski definition) is 1. The van der Waals surface area contributed by atoms with Gasteiger partial charge in [-0.3, -0.25) is 0 Å². The molecule has 2 aromatic heterocycles. The van der Waals surface area contributed by atoms with E-state index in [1.807, 2.05) is 29.8 Å². The van der Waals surface area contributed by atoms with E-state index in [2.05, 4.69) is 11.9 Å². The minimum absolute atomic E-state index is 0.806. The molecule has 0 aromatic carbocycles. The van der Waals surface area contributed by atoms with Crippen LogP contribution in [0.2, 0.25) is 0 Å². The molecule has 2 aromatic rings. The maximum atomic E-state index is 5.78. The van der Waals surface area contributed by atoms with E-state index in [4.69, 9.17) is 5.73 Å². The van der Waals surface area contributed by atoms with E-state index in [0.29, 0.717) is 0 Å². The van der Waals surface area contributed by atoms with Gasteiger partial charge in [-0.05, 0) is 19.4 Å². The molecule has 3 nitrogen and oxygen atoms in total. The van der Waals surface area contributed by atoms with E-state index in [9.17, 15) is 0 Å². The van der Waals surface area contributed by atoms with E-state index >= 15 is 0 Å². The number of nitrogens with zero attached hydrogens (tertiary/aromatic N) is 2. The van der Waals surface area contributed by atoms with E-state index in [0.717, 1.165) is 29.0 Å². The van der Waals surface area contributed by atoms with Crippen molar-refractivity contribution in [2.24, 2.45) is 0 Å². The van der Waals surface area contributed by atoms with Crippen LogP contribution in [0.4, 0.5) is 5.69 Å². The predicted octanol–water partition coefficient (Wildman–Crippen LogP) is 1.79. The number of fused-ring (bicyclic) bond motifs is 1. The molecule has 13 heavy (non-hydrogen) atoms. The fourth-order valence-corrected chi connectivity index (χ4v) is 1.42. The monoisotopic (exact) mass is 175 g/mol. The summed E-state index contributed by atoms with van der Waals surface area (Å²) in [7, 11) is 0. The number of hydrogen-bond acceptors (Lipinski definition) is 2. The molecule has 0 saturated heterocycles. The Hall–Kier alpha value is -1.51. The second kappa shape index (κ2) is 2.76. The van der Waals surface area contributed by atoms with Gasteiger partial charge >= 0.3 is 0 Å². The third-order valence-corrected chi connectivity index (χ3v) is 2.33. The van der Waals surface area contributed by atoms with E-state index < -0.39 is 0 Å². The quantitative estimate of drug-likeness (QED) is 0.718. The zero-order valence-corrected chi connectivity index (χ0v) is 7.91. The van der Waals surface area contributed by atoms with Gasteiger partial charge in [-0.2, -0.15) is 0 Å². The normalized spacial score (nSPS) is 10.9. The summed E-state index contributed by atoms with van der Waals surface area (Å²) in [6, 6.07) is 1.91. The SMILES string of the molecule is CCc1cn2ccc(N)c(C)c2n1. The van der Waals surface area contributed by atoms with Crippen molar-refractivity contribution in [3.63, 3.8) is 0 Å². The lowest BCUT2D eigenvalue weighted by atomic mass is 10.2. The molecule has 2 rings (SSSR count). The molecule has 0 amide bonds. The summed E-state index contributed by atoms with van der Waals surface area (Å²) >= 11 is 0. The molecule has 2 heterocycles. The van der Waals surface area contributed by atoms with Crippen LogP contribution >= 0.6 is 0 Å². The molecule has 0 aliphatic heterocycles. The standard InChI is InChI=1S/C10H13N3/c1-3-8-6-13-5-4-9(11)7(2)10(13)12-8/h4-6H,3,11H2,1-2H3. The van der Waals surface area contributed by atoms with E-state index in [-0.39, 0.29) is 0 Å². The number of imidazole rings is 1. The highest BCUT2D eigenvalue weighted by molar-refractivity contribution is 5.61. The molecule has 0 unspecified atom stereocenters. The van der Waals surface area contributed by atoms with Crippen molar-refractivity contribution < 1.29 is 0 Å². The van der Waals surface area contributed by atoms with Gasteiger partial charge in [0.1, 0.15) is 5.65 Å². The number of aryl methyl sites for hydroxylation is 2. The molecule has 0 aliphatic rings. The van der Waals surface area contributed by atoms with Crippen molar-refractivity contribution in [3.05, 3.63) is 29.7 Å². The van der Waals surface area contributed by atoms with Crippen LogP contribution in [0.15, 0.2) is 18.5 Å². The highest BCUT2D eigenvalue weighted by Crippen LogP contribution is 2.16. The Morgan fingerprint density at radius 2 is 2.31 bits per heavy atom. The smallest absolute Gasteiger partial charge is 0.141 e. The van der Waals surface area contributed by atoms with Crippen LogP contribution in [0.3, 0.4) is 0 Å². The minimum Gasteiger partial charge on any atom is -0.398 e. The van der Waals surface area contributed by atoms with Crippen LogP contribution in [-0.2, 0) is 6.42 Å². The lowest BCUT2D eigenvalue weighted by Gasteiger charge is -2.00. The third-order valence-electron chi connectivity index (χ3n) is 2.33. The molecule has 0 aliphatic carbocycles. The van der Waals surface area contributed by atoms with Crippen LogP contribution in [0.25, 0.3) is 5.65 Å². The number of anilines is 1. The number of aromatic nitrogens is 2. The molecule has 0 spiro atoms. The topological polar surface area (TPSA) is 43.3 Å². The van der Waals surface area contributed by atoms with Crippen LogP contribution in [0.5, 0.6) is 0 Å². The largest absolute Gasteiger partial charge is 0.398 e. The van der Waals surface area contributed by atoms with Crippen LogP contribution in [-0.4, -0.2) is 9.38 Å². The van der Waals surface area contributed by atoms with Gasteiger partial charge in [-0.1, -0.05) is 6.92 Å². The fraction of sp³-hybridized carbons (Fsp3) is 0.300. The summed E-state index contributed by atoms with van der Waals surface area (Å²) in [5, 5.41) is 0. The number of pyridine rings is 1. The summed E-state index contributed by atoms with van der Waals surface area (Å²) in [6.45, 7) is 4.09. The lowest BCUT2D eigenvalue weighted by molar-refractivity contribution is 1.07. The first-order valence-corrected chi connectivity index (χ1v) is 4.45. The fourth-order valence-electron chi connectivity index (χ4n) is 1.42. The second-order valence-corrected chi connectivity index (χ2v) is 3.21. The summed E-state index contributed by atoms with van der Waals surface area (Å²) in [5.41, 5.74) is 9.72. The maximum Gasteiger partial charge on any atom is 0.141 e. The molecule has 68 valence electrons. The van der Waals surface area contributed by atoms with Gasteiger partial charge in [0.15, 0.2) is 0 Å². The lowest BCUT2D eigenvalue weighted by Crippen LogP contribution is -1.93. The number of nitrogen functional groups attached to an aromatic ring is 1. The van der Waals surface area contributed by atoms with Gasteiger partial charge < -0.3 is 10.1 Å². The summed E-state index contributed by atoms with van der Waals surface area (Å²) in [4.78, 5) is 4.47. The van der Waals surface area contributed by atoms with Gasteiger partial charge in [-0.15, -0.1) is 0 Å². The molecule has 3 heteroatoms. The van der Waals surface area contributed by atoms with Gasteiger partial charge in [0, 0.05) is 23.6 Å². The van der Waals surface area contributed by atoms with Gasteiger partial charge in [0.2, 0.25) is 0 Å². The molecule has 0 saturated carbocycles. The van der Waals surface area contributed by atoms with Crippen molar-refractivity contribution >= 4 is 11.3 Å². The maximum absolute atomic E-state index is 5.78. The number of nitrogens with two attached hydrogens (primary N) is 1. The molecular weight excluding hydrogens is 162 g/mol. The molecular formula is C10H13N3. The molecule has 2 N–H and O–H groups in total. The van der Waals surface area contributed by atoms with Gasteiger partial charge in [0.25, 0.3) is 0 Å². The average molecular weight is 175 g/mol. The van der Waals surface area contributed by atoms with Crippen molar-refractivity contribution in [1.29, 1.82) is 0 Å². The first kappa shape index (κ1) is 8.10. The van der Waals surface area contributed by atoms with Crippen molar-refractivity contribution in [2.75, 3.05) is 5.73 Å². The second-order valence-electron chi connectivity index (χ2n) is 3.21.